The molecule has 2 aromatic carbocycles. The third-order valence-corrected chi connectivity index (χ3v) is 5.98. The standard InChI is InChI=1S/C19H14Br2N2O4S/c1-23-17(25)15(8-11-7-12(20)9-14(21)16(11)24)28-19(23)22-13-5-3-10(4-6-13)18(26)27-2/h3-9,24H,1-2H3. The summed E-state index contributed by atoms with van der Waals surface area (Å²) in [5, 5.41) is 10.7. The lowest BCUT2D eigenvalue weighted by atomic mass is 10.2. The molecule has 1 aliphatic rings. The maximum Gasteiger partial charge on any atom is 0.337 e. The third-order valence-electron chi connectivity index (χ3n) is 3.86. The summed E-state index contributed by atoms with van der Waals surface area (Å²) in [6, 6.07) is 10.0. The second-order valence-electron chi connectivity index (χ2n) is 5.73. The Balaban J connectivity index is 1.89. The lowest BCUT2D eigenvalue weighted by Gasteiger charge is -2.07. The van der Waals surface area contributed by atoms with Crippen LogP contribution in [0.4, 0.5) is 5.69 Å². The van der Waals surface area contributed by atoms with Gasteiger partial charge >= 0.3 is 5.97 Å². The van der Waals surface area contributed by atoms with E-state index in [1.165, 1.54) is 23.8 Å². The molecule has 0 atom stereocenters. The van der Waals surface area contributed by atoms with Gasteiger partial charge in [0.05, 0.1) is 27.7 Å². The Hall–Kier alpha value is -2.10. The number of hydrogen-bond donors (Lipinski definition) is 1. The monoisotopic (exact) mass is 524 g/mol. The van der Waals surface area contributed by atoms with E-state index in [2.05, 4.69) is 41.6 Å². The van der Waals surface area contributed by atoms with Gasteiger partial charge in [-0.05, 0) is 70.2 Å². The van der Waals surface area contributed by atoms with E-state index in [0.717, 1.165) is 4.47 Å². The minimum atomic E-state index is -0.424. The van der Waals surface area contributed by atoms with Gasteiger partial charge in [0.15, 0.2) is 5.17 Å². The van der Waals surface area contributed by atoms with E-state index in [-0.39, 0.29) is 11.7 Å². The molecule has 0 unspecified atom stereocenters. The summed E-state index contributed by atoms with van der Waals surface area (Å²) in [6.07, 6.45) is 1.62. The molecule has 0 spiro atoms. The van der Waals surface area contributed by atoms with Crippen molar-refractivity contribution in [1.82, 2.24) is 4.90 Å². The van der Waals surface area contributed by atoms with Crippen molar-refractivity contribution in [2.45, 2.75) is 0 Å². The van der Waals surface area contributed by atoms with Gasteiger partial charge < -0.3 is 9.84 Å². The van der Waals surface area contributed by atoms with E-state index in [1.807, 2.05) is 0 Å². The highest BCUT2D eigenvalue weighted by Crippen LogP contribution is 2.37. The molecular formula is C19H14Br2N2O4S. The summed E-state index contributed by atoms with van der Waals surface area (Å²) < 4.78 is 5.97. The van der Waals surface area contributed by atoms with Crippen molar-refractivity contribution in [3.05, 3.63) is 61.4 Å². The first-order valence-corrected chi connectivity index (χ1v) is 10.3. The van der Waals surface area contributed by atoms with Crippen LogP contribution in [0.2, 0.25) is 0 Å². The third kappa shape index (κ3) is 4.31. The summed E-state index contributed by atoms with van der Waals surface area (Å²) in [4.78, 5) is 30.4. The molecule has 9 heteroatoms. The van der Waals surface area contributed by atoms with Crippen molar-refractivity contribution in [2.75, 3.05) is 14.2 Å². The van der Waals surface area contributed by atoms with Gasteiger partial charge in [-0.3, -0.25) is 9.69 Å². The van der Waals surface area contributed by atoms with Crippen LogP contribution in [-0.4, -0.2) is 41.2 Å². The molecule has 0 bridgehead atoms. The zero-order valence-electron chi connectivity index (χ0n) is 14.8. The molecule has 0 radical (unpaired) electrons. The molecule has 1 saturated heterocycles. The minimum absolute atomic E-state index is 0.0514. The Kier molecular flexibility index (Phi) is 6.26. The van der Waals surface area contributed by atoms with Crippen molar-refractivity contribution in [3.63, 3.8) is 0 Å². The number of halogens is 2. The van der Waals surface area contributed by atoms with E-state index in [1.54, 1.807) is 49.5 Å². The number of carbonyl (C=O) groups excluding carboxylic acids is 2. The van der Waals surface area contributed by atoms with Crippen molar-refractivity contribution >= 4 is 72.4 Å². The molecule has 1 aliphatic heterocycles. The van der Waals surface area contributed by atoms with Gasteiger partial charge in [-0.25, -0.2) is 9.79 Å². The number of phenols is 1. The fraction of sp³-hybridized carbons (Fsp3) is 0.105. The number of hydrogen-bond acceptors (Lipinski definition) is 6. The molecule has 28 heavy (non-hydrogen) atoms. The Morgan fingerprint density at radius 3 is 2.57 bits per heavy atom. The van der Waals surface area contributed by atoms with Gasteiger partial charge in [0.2, 0.25) is 0 Å². The van der Waals surface area contributed by atoms with E-state index < -0.39 is 5.97 Å². The number of thioether (sulfide) groups is 1. The maximum absolute atomic E-state index is 12.6. The first-order chi connectivity index (χ1) is 13.3. The number of amidine groups is 1. The van der Waals surface area contributed by atoms with E-state index in [0.29, 0.717) is 31.4 Å². The summed E-state index contributed by atoms with van der Waals surface area (Å²) in [5.41, 5.74) is 1.53. The molecule has 6 nitrogen and oxygen atoms in total. The van der Waals surface area contributed by atoms with Crippen molar-refractivity contribution < 1.29 is 19.4 Å². The highest BCUT2D eigenvalue weighted by Gasteiger charge is 2.30. The number of nitrogens with zero attached hydrogens (tertiary/aromatic N) is 2. The van der Waals surface area contributed by atoms with Crippen LogP contribution in [-0.2, 0) is 9.53 Å². The number of esters is 1. The van der Waals surface area contributed by atoms with Crippen LogP contribution in [0.25, 0.3) is 6.08 Å². The molecule has 2 aromatic rings. The number of rotatable bonds is 3. The van der Waals surface area contributed by atoms with Crippen molar-refractivity contribution in [3.8, 4) is 5.75 Å². The SMILES string of the molecule is COC(=O)c1ccc(N=C2SC(=Cc3cc(Br)cc(Br)c3O)C(=O)N2C)cc1. The van der Waals surface area contributed by atoms with Gasteiger partial charge in [-0.1, -0.05) is 15.9 Å². The van der Waals surface area contributed by atoms with Gasteiger partial charge in [-0.15, -0.1) is 0 Å². The minimum Gasteiger partial charge on any atom is -0.506 e. The fourth-order valence-corrected chi connectivity index (χ4v) is 4.63. The van der Waals surface area contributed by atoms with E-state index in [9.17, 15) is 14.7 Å². The summed E-state index contributed by atoms with van der Waals surface area (Å²) in [7, 11) is 2.95. The highest BCUT2D eigenvalue weighted by molar-refractivity contribution is 9.11. The number of amides is 1. The number of methoxy groups -OCH3 is 1. The van der Waals surface area contributed by atoms with Crippen LogP contribution in [0.1, 0.15) is 15.9 Å². The number of aliphatic imine (C=N–C) groups is 1. The summed E-state index contributed by atoms with van der Waals surface area (Å²) in [5.74, 6) is -0.590. The number of carbonyl (C=O) groups is 2. The second kappa shape index (κ2) is 8.50. The Morgan fingerprint density at radius 2 is 1.93 bits per heavy atom. The molecule has 0 aliphatic carbocycles. The van der Waals surface area contributed by atoms with Crippen LogP contribution < -0.4 is 0 Å². The largest absolute Gasteiger partial charge is 0.506 e. The number of likely N-dealkylation sites (N-methyl/N-ethyl adjacent to an activating group) is 1. The number of phenolic OH excluding ortho intramolecular Hbond substituents is 1. The lowest BCUT2D eigenvalue weighted by Crippen LogP contribution is -2.23. The van der Waals surface area contributed by atoms with Crippen LogP contribution in [0, 0.1) is 0 Å². The van der Waals surface area contributed by atoms with E-state index in [4.69, 9.17) is 0 Å². The molecule has 144 valence electrons. The molecule has 0 saturated carbocycles. The van der Waals surface area contributed by atoms with Crippen LogP contribution >= 0.6 is 43.6 Å². The zero-order chi connectivity index (χ0) is 20.4. The highest BCUT2D eigenvalue weighted by atomic mass is 79.9. The molecule has 1 amide bonds. The van der Waals surface area contributed by atoms with Gasteiger partial charge in [0.1, 0.15) is 5.75 Å². The van der Waals surface area contributed by atoms with Crippen LogP contribution in [0.15, 0.2) is 55.2 Å². The van der Waals surface area contributed by atoms with Crippen molar-refractivity contribution in [2.24, 2.45) is 4.99 Å². The number of ether oxygens (including phenoxy) is 1. The van der Waals surface area contributed by atoms with Gasteiger partial charge in [0.25, 0.3) is 5.91 Å². The van der Waals surface area contributed by atoms with Gasteiger partial charge in [0, 0.05) is 17.1 Å². The van der Waals surface area contributed by atoms with E-state index >= 15 is 0 Å². The topological polar surface area (TPSA) is 79.2 Å². The van der Waals surface area contributed by atoms with Crippen LogP contribution in [0.3, 0.4) is 0 Å². The van der Waals surface area contributed by atoms with Gasteiger partial charge in [-0.2, -0.15) is 0 Å². The smallest absolute Gasteiger partial charge is 0.337 e. The molecule has 1 N–H and O–H groups in total. The number of benzene rings is 2. The number of aromatic hydroxyl groups is 1. The Labute approximate surface area is 182 Å². The Morgan fingerprint density at radius 1 is 1.25 bits per heavy atom. The van der Waals surface area contributed by atoms with Crippen LogP contribution in [0.5, 0.6) is 5.75 Å². The average Bonchev–Trinajstić information content (AvgIpc) is 2.93. The molecule has 3 rings (SSSR count). The average molecular weight is 526 g/mol. The predicted octanol–water partition coefficient (Wildman–Crippen LogP) is 4.94. The maximum atomic E-state index is 12.6. The predicted molar refractivity (Wildman–Crippen MR) is 117 cm³/mol. The Bertz CT molecular complexity index is 1020. The molecule has 1 heterocycles. The molecule has 0 aromatic heterocycles. The first-order valence-electron chi connectivity index (χ1n) is 7.93. The first kappa shape index (κ1) is 20.6. The fourth-order valence-electron chi connectivity index (χ4n) is 2.39. The summed E-state index contributed by atoms with van der Waals surface area (Å²) >= 11 is 7.86. The lowest BCUT2D eigenvalue weighted by molar-refractivity contribution is -0.121. The van der Waals surface area contributed by atoms with Crippen molar-refractivity contribution in [1.29, 1.82) is 0 Å². The zero-order valence-corrected chi connectivity index (χ0v) is 18.8. The molecule has 1 fully saturated rings. The second-order valence-corrected chi connectivity index (χ2v) is 8.51. The summed E-state index contributed by atoms with van der Waals surface area (Å²) in [6.45, 7) is 0. The normalized spacial score (nSPS) is 16.9. The quantitative estimate of drug-likeness (QED) is 0.453. The molecular weight excluding hydrogens is 512 g/mol.